The Balaban J connectivity index is 1.67. The van der Waals surface area contributed by atoms with Crippen molar-refractivity contribution in [1.29, 1.82) is 0 Å². The average Bonchev–Trinajstić information content (AvgIpc) is 3.26. The van der Waals surface area contributed by atoms with Crippen molar-refractivity contribution in [2.24, 2.45) is 0 Å². The Bertz CT molecular complexity index is 1200. The summed E-state index contributed by atoms with van der Waals surface area (Å²) in [6.45, 7) is 1.92. The number of alkyl halides is 3. The summed E-state index contributed by atoms with van der Waals surface area (Å²) >= 11 is 3.42. The first-order chi connectivity index (χ1) is 16.8. The van der Waals surface area contributed by atoms with Crippen LogP contribution in [0.2, 0.25) is 0 Å². The zero-order chi connectivity index (χ0) is 25.0. The average molecular weight is 557 g/mol. The van der Waals surface area contributed by atoms with Gasteiger partial charge in [-0.3, -0.25) is 5.32 Å². The summed E-state index contributed by atoms with van der Waals surface area (Å²) in [5.74, 6) is 0.132. The third-order valence-electron chi connectivity index (χ3n) is 5.53. The van der Waals surface area contributed by atoms with Crippen molar-refractivity contribution < 1.29 is 27.4 Å². The number of aromatic amines is 1. The first kappa shape index (κ1) is 25.2. The number of nitrogens with one attached hydrogen (secondary N) is 4. The number of ether oxygens (including phenoxy) is 2. The number of fused-ring (bicyclic) bond motifs is 1. The number of carbonyl (C=O) groups is 1. The van der Waals surface area contributed by atoms with E-state index >= 15 is 0 Å². The Morgan fingerprint density at radius 2 is 2.14 bits per heavy atom. The normalized spacial score (nSPS) is 16.3. The molecule has 0 aliphatic carbocycles. The molecule has 0 unspecified atom stereocenters. The first-order valence-corrected chi connectivity index (χ1v) is 11.7. The van der Waals surface area contributed by atoms with Gasteiger partial charge in [0.25, 0.3) is 0 Å². The number of methoxy groups -OCH3 is 1. The topological polar surface area (TPSA) is 113 Å². The van der Waals surface area contributed by atoms with Crippen molar-refractivity contribution in [3.05, 3.63) is 34.6 Å². The van der Waals surface area contributed by atoms with Gasteiger partial charge in [-0.2, -0.15) is 13.2 Å². The van der Waals surface area contributed by atoms with Crippen molar-refractivity contribution in [2.75, 3.05) is 44.0 Å². The van der Waals surface area contributed by atoms with Gasteiger partial charge in [0.05, 0.1) is 28.0 Å². The van der Waals surface area contributed by atoms with Gasteiger partial charge in [0.15, 0.2) is 0 Å². The van der Waals surface area contributed by atoms with Gasteiger partial charge in [-0.05, 0) is 41.4 Å². The summed E-state index contributed by atoms with van der Waals surface area (Å²) in [5, 5.41) is 9.46. The molecular formula is C22H24BrF3N6O3. The van der Waals surface area contributed by atoms with Crippen LogP contribution >= 0.6 is 15.9 Å². The molecule has 0 radical (unpaired) electrons. The lowest BCUT2D eigenvalue weighted by Crippen LogP contribution is -2.38. The number of amides is 1. The van der Waals surface area contributed by atoms with E-state index in [-0.39, 0.29) is 36.5 Å². The van der Waals surface area contributed by atoms with Gasteiger partial charge in [0, 0.05) is 43.0 Å². The van der Waals surface area contributed by atoms with Crippen LogP contribution in [-0.4, -0.2) is 60.5 Å². The van der Waals surface area contributed by atoms with Crippen LogP contribution in [0.3, 0.4) is 0 Å². The van der Waals surface area contributed by atoms with Crippen molar-refractivity contribution in [3.8, 4) is 11.3 Å². The lowest BCUT2D eigenvalue weighted by molar-refractivity contribution is -0.137. The molecule has 1 aliphatic heterocycles. The quantitative estimate of drug-likeness (QED) is 0.310. The van der Waals surface area contributed by atoms with E-state index in [4.69, 9.17) is 9.47 Å². The molecule has 4 rings (SSSR count). The second kappa shape index (κ2) is 10.8. The Morgan fingerprint density at radius 3 is 2.86 bits per heavy atom. The number of aromatic nitrogens is 3. The fraction of sp³-hybridized carbons (Fsp3) is 0.409. The van der Waals surface area contributed by atoms with E-state index in [0.717, 1.165) is 25.6 Å². The molecule has 2 aromatic heterocycles. The molecule has 188 valence electrons. The molecule has 3 aromatic rings. The molecule has 0 bridgehead atoms. The van der Waals surface area contributed by atoms with Crippen LogP contribution in [0.25, 0.3) is 22.2 Å². The molecule has 1 atom stereocenters. The van der Waals surface area contributed by atoms with Crippen LogP contribution in [0.5, 0.6) is 0 Å². The molecule has 1 fully saturated rings. The SMILES string of the molecule is COCCOC(=O)Nc1ccc2c(-c3nc(N[C@H]4CCCNC4)ncc3C(F)(F)F)c[nH]c2c1Br. The number of hydrogen-bond donors (Lipinski definition) is 4. The van der Waals surface area contributed by atoms with E-state index in [0.29, 0.717) is 27.6 Å². The molecule has 3 heterocycles. The largest absolute Gasteiger partial charge is 0.447 e. The van der Waals surface area contributed by atoms with Crippen molar-refractivity contribution >= 4 is 44.6 Å². The van der Waals surface area contributed by atoms with E-state index in [1.54, 1.807) is 12.1 Å². The Hall–Kier alpha value is -2.90. The van der Waals surface area contributed by atoms with E-state index in [9.17, 15) is 18.0 Å². The molecule has 1 aliphatic rings. The van der Waals surface area contributed by atoms with Crippen LogP contribution in [0, 0.1) is 0 Å². The minimum absolute atomic E-state index is 0.0303. The fourth-order valence-corrected chi connectivity index (χ4v) is 4.40. The van der Waals surface area contributed by atoms with Crippen molar-refractivity contribution in [1.82, 2.24) is 20.3 Å². The van der Waals surface area contributed by atoms with E-state index in [1.165, 1.54) is 13.3 Å². The van der Waals surface area contributed by atoms with Gasteiger partial charge in [-0.25, -0.2) is 14.8 Å². The zero-order valence-electron chi connectivity index (χ0n) is 18.8. The van der Waals surface area contributed by atoms with Crippen LogP contribution in [-0.2, 0) is 15.7 Å². The second-order valence-electron chi connectivity index (χ2n) is 7.95. The molecule has 1 aromatic carbocycles. The fourth-order valence-electron chi connectivity index (χ4n) is 3.84. The molecular weight excluding hydrogens is 533 g/mol. The Labute approximate surface area is 207 Å². The number of piperidine rings is 1. The minimum Gasteiger partial charge on any atom is -0.447 e. The van der Waals surface area contributed by atoms with Crippen LogP contribution in [0.15, 0.2) is 29.0 Å². The highest BCUT2D eigenvalue weighted by atomic mass is 79.9. The number of rotatable bonds is 7. The lowest BCUT2D eigenvalue weighted by atomic mass is 10.1. The smallest absolute Gasteiger partial charge is 0.419 e. The number of nitrogens with zero attached hydrogens (tertiary/aromatic N) is 2. The van der Waals surface area contributed by atoms with Gasteiger partial charge in [0.1, 0.15) is 12.2 Å². The summed E-state index contributed by atoms with van der Waals surface area (Å²) in [4.78, 5) is 23.2. The van der Waals surface area contributed by atoms with Gasteiger partial charge in [-0.15, -0.1) is 0 Å². The van der Waals surface area contributed by atoms with E-state index in [1.807, 2.05) is 0 Å². The Morgan fingerprint density at radius 1 is 1.31 bits per heavy atom. The third-order valence-corrected chi connectivity index (χ3v) is 6.35. The maximum absolute atomic E-state index is 13.8. The molecule has 1 amide bonds. The highest BCUT2D eigenvalue weighted by Gasteiger charge is 2.36. The number of halogens is 4. The molecule has 1 saturated heterocycles. The van der Waals surface area contributed by atoms with Gasteiger partial charge < -0.3 is 25.1 Å². The van der Waals surface area contributed by atoms with Crippen LogP contribution in [0.1, 0.15) is 18.4 Å². The predicted molar refractivity (Wildman–Crippen MR) is 128 cm³/mol. The van der Waals surface area contributed by atoms with Gasteiger partial charge in [-0.1, -0.05) is 6.07 Å². The molecule has 0 saturated carbocycles. The molecule has 13 heteroatoms. The molecule has 9 nitrogen and oxygen atoms in total. The molecule has 0 spiro atoms. The monoisotopic (exact) mass is 556 g/mol. The van der Waals surface area contributed by atoms with E-state index < -0.39 is 17.8 Å². The lowest BCUT2D eigenvalue weighted by Gasteiger charge is -2.24. The number of hydrogen-bond acceptors (Lipinski definition) is 7. The summed E-state index contributed by atoms with van der Waals surface area (Å²) in [6, 6.07) is 3.21. The molecule has 4 N–H and O–H groups in total. The predicted octanol–water partition coefficient (Wildman–Crippen LogP) is 4.77. The summed E-state index contributed by atoms with van der Waals surface area (Å²) in [5.41, 5.74) is -0.0385. The van der Waals surface area contributed by atoms with E-state index in [2.05, 4.69) is 46.8 Å². The maximum atomic E-state index is 13.8. The maximum Gasteiger partial charge on any atom is 0.419 e. The molecule has 35 heavy (non-hydrogen) atoms. The van der Waals surface area contributed by atoms with Crippen molar-refractivity contribution in [2.45, 2.75) is 25.1 Å². The first-order valence-electron chi connectivity index (χ1n) is 10.9. The highest BCUT2D eigenvalue weighted by molar-refractivity contribution is 9.10. The number of benzene rings is 1. The Kier molecular flexibility index (Phi) is 7.77. The summed E-state index contributed by atoms with van der Waals surface area (Å²) in [7, 11) is 1.49. The number of carbonyl (C=O) groups excluding carboxylic acids is 1. The third kappa shape index (κ3) is 5.85. The summed E-state index contributed by atoms with van der Waals surface area (Å²) in [6.07, 6.45) is -1.24. The number of H-pyrrole nitrogens is 1. The number of anilines is 2. The highest BCUT2D eigenvalue weighted by Crippen LogP contribution is 2.41. The van der Waals surface area contributed by atoms with Gasteiger partial charge in [0.2, 0.25) is 5.95 Å². The minimum atomic E-state index is -4.64. The second-order valence-corrected chi connectivity index (χ2v) is 8.74. The van der Waals surface area contributed by atoms with Crippen LogP contribution < -0.4 is 16.0 Å². The zero-order valence-corrected chi connectivity index (χ0v) is 20.3. The summed E-state index contributed by atoms with van der Waals surface area (Å²) < 4.78 is 51.8. The van der Waals surface area contributed by atoms with Gasteiger partial charge >= 0.3 is 12.3 Å². The standard InChI is InChI=1S/C22H24BrF3N6O3/c1-34-7-8-35-21(33)31-16-5-4-13-14(10-28-19(13)17(16)23)18-15(22(24,25)26)11-29-20(32-18)30-12-3-2-6-27-9-12/h4-5,10-12,27-28H,2-3,6-9H2,1H3,(H,31,33)(H,29,30,32)/t12-/m0/s1. The van der Waals surface area contributed by atoms with Crippen LogP contribution in [0.4, 0.5) is 29.6 Å². The van der Waals surface area contributed by atoms with Crippen molar-refractivity contribution in [3.63, 3.8) is 0 Å².